The summed E-state index contributed by atoms with van der Waals surface area (Å²) in [4.78, 5) is 11.7. The van der Waals surface area contributed by atoms with Crippen molar-refractivity contribution in [2.24, 2.45) is 0 Å². The second-order valence-corrected chi connectivity index (χ2v) is 9.91. The summed E-state index contributed by atoms with van der Waals surface area (Å²) in [6.07, 6.45) is 21.6. The molecule has 0 atom stereocenters. The van der Waals surface area contributed by atoms with Gasteiger partial charge in [-0.2, -0.15) is 11.8 Å². The summed E-state index contributed by atoms with van der Waals surface area (Å²) in [6, 6.07) is 0. The second-order valence-electron chi connectivity index (χ2n) is 8.69. The molecule has 0 aliphatic carbocycles. The fraction of sp³-hybridized carbons (Fsp3) is 0.923. The Morgan fingerprint density at radius 1 is 0.710 bits per heavy atom. The molecule has 0 aromatic rings. The molecule has 0 rings (SSSR count). The van der Waals surface area contributed by atoms with E-state index in [0.717, 1.165) is 37.3 Å². The van der Waals surface area contributed by atoms with Gasteiger partial charge >= 0.3 is 5.97 Å². The summed E-state index contributed by atoms with van der Waals surface area (Å²) < 4.78 is 5.31. The zero-order valence-corrected chi connectivity index (χ0v) is 21.6. The van der Waals surface area contributed by atoms with Gasteiger partial charge in [-0.1, -0.05) is 97.3 Å². The van der Waals surface area contributed by atoms with Gasteiger partial charge in [-0.05, 0) is 25.0 Å². The summed E-state index contributed by atoms with van der Waals surface area (Å²) in [5.41, 5.74) is 0. The average molecular weight is 457 g/mol. The van der Waals surface area contributed by atoms with E-state index in [0.29, 0.717) is 18.9 Å². The van der Waals surface area contributed by atoms with Crippen molar-refractivity contribution >= 4 is 23.6 Å². The number of nitrogens with one attached hydrogen (secondary N) is 2. The molecule has 31 heavy (non-hydrogen) atoms. The van der Waals surface area contributed by atoms with Gasteiger partial charge in [0.2, 0.25) is 0 Å². The first-order chi connectivity index (χ1) is 15.2. The molecular weight excluding hydrogens is 404 g/mol. The van der Waals surface area contributed by atoms with Crippen molar-refractivity contribution in [1.82, 2.24) is 5.32 Å². The maximum atomic E-state index is 11.7. The van der Waals surface area contributed by atoms with Crippen LogP contribution in [0, 0.1) is 5.41 Å². The van der Waals surface area contributed by atoms with Crippen molar-refractivity contribution in [3.05, 3.63) is 0 Å². The lowest BCUT2D eigenvalue weighted by molar-refractivity contribution is -0.143. The molecule has 2 N–H and O–H groups in total. The molecule has 5 heteroatoms. The van der Waals surface area contributed by atoms with Crippen LogP contribution in [0.1, 0.15) is 129 Å². The van der Waals surface area contributed by atoms with Crippen molar-refractivity contribution in [3.63, 3.8) is 0 Å². The molecule has 0 bridgehead atoms. The van der Waals surface area contributed by atoms with Crippen LogP contribution in [0.3, 0.4) is 0 Å². The van der Waals surface area contributed by atoms with Gasteiger partial charge in [-0.3, -0.25) is 10.2 Å². The van der Waals surface area contributed by atoms with Crippen LogP contribution in [0.4, 0.5) is 0 Å². The summed E-state index contributed by atoms with van der Waals surface area (Å²) >= 11 is 1.80. The van der Waals surface area contributed by atoms with Crippen LogP contribution >= 0.6 is 11.8 Å². The molecule has 184 valence electrons. The molecule has 0 heterocycles. The average Bonchev–Trinajstić information content (AvgIpc) is 2.76. The topological polar surface area (TPSA) is 62.2 Å². The first kappa shape index (κ1) is 30.3. The van der Waals surface area contributed by atoms with Crippen LogP contribution in [-0.4, -0.2) is 36.5 Å². The van der Waals surface area contributed by atoms with Crippen molar-refractivity contribution in [2.45, 2.75) is 129 Å². The number of hydrogen-bond acceptors (Lipinski definition) is 4. The first-order valence-corrected chi connectivity index (χ1v) is 14.4. The lowest BCUT2D eigenvalue weighted by atomic mass is 10.1. The molecule has 0 fully saturated rings. The molecule has 0 radical (unpaired) electrons. The SMILES string of the molecule is CCCCCCCCCCNC(=N)CCCSCCC(=O)OCCCCCCCCC. The van der Waals surface area contributed by atoms with Gasteiger partial charge < -0.3 is 10.1 Å². The van der Waals surface area contributed by atoms with Gasteiger partial charge in [-0.15, -0.1) is 0 Å². The van der Waals surface area contributed by atoms with E-state index < -0.39 is 0 Å². The predicted octanol–water partition coefficient (Wildman–Crippen LogP) is 7.89. The number of unbranched alkanes of at least 4 members (excludes halogenated alkanes) is 13. The Hall–Kier alpha value is -0.710. The fourth-order valence-electron chi connectivity index (χ4n) is 3.51. The number of amidine groups is 1. The molecule has 0 saturated heterocycles. The van der Waals surface area contributed by atoms with Gasteiger partial charge in [0, 0.05) is 18.7 Å². The van der Waals surface area contributed by atoms with E-state index in [9.17, 15) is 4.79 Å². The highest BCUT2D eigenvalue weighted by Gasteiger charge is 2.03. The highest BCUT2D eigenvalue weighted by atomic mass is 32.2. The van der Waals surface area contributed by atoms with Crippen LogP contribution in [0.25, 0.3) is 0 Å². The third kappa shape index (κ3) is 25.4. The summed E-state index contributed by atoms with van der Waals surface area (Å²) in [5.74, 6) is 2.44. The van der Waals surface area contributed by atoms with Crippen molar-refractivity contribution in [3.8, 4) is 0 Å². The maximum absolute atomic E-state index is 11.7. The van der Waals surface area contributed by atoms with Crippen molar-refractivity contribution < 1.29 is 9.53 Å². The Bertz CT molecular complexity index is 405. The summed E-state index contributed by atoms with van der Waals surface area (Å²) in [6.45, 7) is 6.01. The maximum Gasteiger partial charge on any atom is 0.306 e. The Morgan fingerprint density at radius 3 is 1.87 bits per heavy atom. The number of carbonyl (C=O) groups excluding carboxylic acids is 1. The fourth-order valence-corrected chi connectivity index (χ4v) is 4.38. The highest BCUT2D eigenvalue weighted by Crippen LogP contribution is 2.10. The van der Waals surface area contributed by atoms with Crippen molar-refractivity contribution in [1.29, 1.82) is 5.41 Å². The van der Waals surface area contributed by atoms with Crippen LogP contribution in [0.2, 0.25) is 0 Å². The van der Waals surface area contributed by atoms with Crippen LogP contribution < -0.4 is 5.32 Å². The molecule has 4 nitrogen and oxygen atoms in total. The Morgan fingerprint density at radius 2 is 1.26 bits per heavy atom. The minimum atomic E-state index is -0.0572. The molecule has 0 aliphatic rings. The van der Waals surface area contributed by atoms with E-state index in [1.807, 2.05) is 0 Å². The number of esters is 1. The molecule has 0 aliphatic heterocycles. The quantitative estimate of drug-likeness (QED) is 0.0670. The van der Waals surface area contributed by atoms with E-state index >= 15 is 0 Å². The number of ether oxygens (including phenoxy) is 1. The highest BCUT2D eigenvalue weighted by molar-refractivity contribution is 7.99. The third-order valence-corrected chi connectivity index (χ3v) is 6.62. The van der Waals surface area contributed by atoms with Gasteiger partial charge in [0.1, 0.15) is 0 Å². The largest absolute Gasteiger partial charge is 0.466 e. The van der Waals surface area contributed by atoms with E-state index in [4.69, 9.17) is 10.1 Å². The molecule has 0 saturated carbocycles. The molecule has 0 aromatic heterocycles. The van der Waals surface area contributed by atoms with E-state index in [-0.39, 0.29) is 5.97 Å². The van der Waals surface area contributed by atoms with Crippen molar-refractivity contribution in [2.75, 3.05) is 24.7 Å². The van der Waals surface area contributed by atoms with Crippen LogP contribution in [-0.2, 0) is 9.53 Å². The lowest BCUT2D eigenvalue weighted by Gasteiger charge is -2.08. The molecule has 0 amide bonds. The molecular formula is C26H52N2O2S. The monoisotopic (exact) mass is 456 g/mol. The number of carbonyl (C=O) groups is 1. The number of thioether (sulfide) groups is 1. The van der Waals surface area contributed by atoms with Gasteiger partial charge in [-0.25, -0.2) is 0 Å². The molecule has 0 unspecified atom stereocenters. The van der Waals surface area contributed by atoms with Gasteiger partial charge in [0.05, 0.1) is 18.9 Å². The predicted molar refractivity (Wildman–Crippen MR) is 138 cm³/mol. The molecule has 0 spiro atoms. The lowest BCUT2D eigenvalue weighted by Crippen LogP contribution is -2.23. The van der Waals surface area contributed by atoms with E-state index in [1.54, 1.807) is 11.8 Å². The normalized spacial score (nSPS) is 10.9. The van der Waals surface area contributed by atoms with E-state index in [2.05, 4.69) is 19.2 Å². The van der Waals surface area contributed by atoms with Crippen LogP contribution in [0.15, 0.2) is 0 Å². The van der Waals surface area contributed by atoms with Gasteiger partial charge in [0.25, 0.3) is 0 Å². The summed E-state index contributed by atoms with van der Waals surface area (Å²) in [5, 5.41) is 11.2. The smallest absolute Gasteiger partial charge is 0.306 e. The standard InChI is InChI=1S/C26H52N2O2S/c1-3-5-7-9-11-12-14-16-21-28-25(27)19-18-23-31-24-20-26(29)30-22-17-15-13-10-8-6-4-2/h3-24H2,1-2H3,(H2,27,28). The number of rotatable bonds is 24. The Labute approximate surface area is 197 Å². The third-order valence-electron chi connectivity index (χ3n) is 5.55. The Balaban J connectivity index is 3.27. The molecule has 0 aromatic carbocycles. The Kier molecular flexibility index (Phi) is 25.0. The number of hydrogen-bond donors (Lipinski definition) is 2. The zero-order valence-electron chi connectivity index (χ0n) is 20.8. The van der Waals surface area contributed by atoms with E-state index in [1.165, 1.54) is 89.9 Å². The second kappa shape index (κ2) is 25.5. The zero-order chi connectivity index (χ0) is 22.8. The minimum absolute atomic E-state index is 0.0572. The summed E-state index contributed by atoms with van der Waals surface area (Å²) in [7, 11) is 0. The minimum Gasteiger partial charge on any atom is -0.466 e. The van der Waals surface area contributed by atoms with Gasteiger partial charge in [0.15, 0.2) is 0 Å². The van der Waals surface area contributed by atoms with Crippen LogP contribution in [0.5, 0.6) is 0 Å². The first-order valence-electron chi connectivity index (χ1n) is 13.2.